The van der Waals surface area contributed by atoms with Gasteiger partial charge in [0, 0.05) is 6.54 Å². The van der Waals surface area contributed by atoms with Crippen molar-refractivity contribution in [1.29, 1.82) is 0 Å². The molecule has 0 atom stereocenters. The van der Waals surface area contributed by atoms with E-state index >= 15 is 0 Å². The first-order valence-corrected chi connectivity index (χ1v) is 7.30. The first-order chi connectivity index (χ1) is 7.88. The lowest BCUT2D eigenvalue weighted by Crippen LogP contribution is -2.27. The molecule has 1 aromatic heterocycles. The van der Waals surface area contributed by atoms with E-state index in [0.717, 1.165) is 0 Å². The number of sulfonamides is 1. The Morgan fingerprint density at radius 3 is 2.76 bits per heavy atom. The minimum atomic E-state index is -3.47. The summed E-state index contributed by atoms with van der Waals surface area (Å²) in [6.45, 7) is 0.240. The number of nitrogens with two attached hydrogens (primary N) is 1. The Morgan fingerprint density at radius 2 is 2.18 bits per heavy atom. The van der Waals surface area contributed by atoms with Crippen LogP contribution in [0.3, 0.4) is 0 Å². The molecule has 1 heterocycles. The van der Waals surface area contributed by atoms with Crippen LogP contribution in [0.5, 0.6) is 0 Å². The number of aromatic nitrogens is 1. The third-order valence-electron chi connectivity index (χ3n) is 1.84. The van der Waals surface area contributed by atoms with E-state index in [4.69, 9.17) is 5.14 Å². The summed E-state index contributed by atoms with van der Waals surface area (Å²) in [5.74, 6) is -0.500. The average molecular weight is 322 g/mol. The first-order valence-electron chi connectivity index (χ1n) is 4.80. The number of rotatable bonds is 5. The van der Waals surface area contributed by atoms with Gasteiger partial charge in [0.05, 0.1) is 5.75 Å². The number of carbonyl (C=O) groups excluding carboxylic acids is 1. The van der Waals surface area contributed by atoms with Gasteiger partial charge in [-0.15, -0.1) is 0 Å². The number of hydrogen-bond donors (Lipinski definition) is 2. The van der Waals surface area contributed by atoms with Gasteiger partial charge in [0.2, 0.25) is 10.0 Å². The fraction of sp³-hybridized carbons (Fsp3) is 0.333. The monoisotopic (exact) mass is 321 g/mol. The van der Waals surface area contributed by atoms with Gasteiger partial charge in [-0.25, -0.2) is 18.5 Å². The van der Waals surface area contributed by atoms with Gasteiger partial charge in [-0.1, -0.05) is 6.07 Å². The molecule has 1 amide bonds. The molecule has 0 bridgehead atoms. The maximum Gasteiger partial charge on any atom is 0.269 e. The van der Waals surface area contributed by atoms with Crippen LogP contribution in [-0.2, 0) is 10.0 Å². The Hall–Kier alpha value is -0.990. The lowest BCUT2D eigenvalue weighted by molar-refractivity contribution is 0.0948. The summed E-state index contributed by atoms with van der Waals surface area (Å²) in [5, 5.41) is 7.38. The van der Waals surface area contributed by atoms with Crippen LogP contribution in [0.25, 0.3) is 0 Å². The van der Waals surface area contributed by atoms with Crippen LogP contribution >= 0.6 is 15.9 Å². The van der Waals surface area contributed by atoms with Crippen molar-refractivity contribution >= 4 is 31.9 Å². The van der Waals surface area contributed by atoms with E-state index in [-0.39, 0.29) is 30.3 Å². The number of nitrogens with one attached hydrogen (secondary N) is 1. The minimum Gasteiger partial charge on any atom is -0.351 e. The van der Waals surface area contributed by atoms with Gasteiger partial charge < -0.3 is 5.32 Å². The normalized spacial score (nSPS) is 11.2. The zero-order valence-electron chi connectivity index (χ0n) is 8.89. The number of hydrogen-bond acceptors (Lipinski definition) is 4. The molecule has 0 fully saturated rings. The highest BCUT2D eigenvalue weighted by molar-refractivity contribution is 9.10. The molecule has 3 N–H and O–H groups in total. The molecule has 0 aromatic carbocycles. The zero-order valence-corrected chi connectivity index (χ0v) is 11.3. The average Bonchev–Trinajstić information content (AvgIpc) is 2.23. The molecule has 0 saturated carbocycles. The second-order valence-corrected chi connectivity index (χ2v) is 5.87. The van der Waals surface area contributed by atoms with Crippen LogP contribution in [-0.4, -0.2) is 31.6 Å². The van der Waals surface area contributed by atoms with E-state index in [0.29, 0.717) is 4.60 Å². The smallest absolute Gasteiger partial charge is 0.269 e. The minimum absolute atomic E-state index is 0.154. The van der Waals surface area contributed by atoms with Crippen LogP contribution in [0.2, 0.25) is 0 Å². The molecule has 0 aliphatic carbocycles. The topological polar surface area (TPSA) is 102 Å². The highest BCUT2D eigenvalue weighted by atomic mass is 79.9. The zero-order chi connectivity index (χ0) is 12.9. The van der Waals surface area contributed by atoms with Gasteiger partial charge in [0.15, 0.2) is 0 Å². The van der Waals surface area contributed by atoms with Crippen LogP contribution in [0.1, 0.15) is 16.9 Å². The Bertz CT molecular complexity index is 504. The summed E-state index contributed by atoms with van der Waals surface area (Å²) in [4.78, 5) is 15.5. The molecule has 0 spiro atoms. The number of nitrogens with zero attached hydrogens (tertiary/aromatic N) is 1. The number of primary sulfonamides is 1. The lowest BCUT2D eigenvalue weighted by atomic mass is 10.3. The van der Waals surface area contributed by atoms with Gasteiger partial charge in [0.25, 0.3) is 5.91 Å². The van der Waals surface area contributed by atoms with Crippen molar-refractivity contribution in [3.8, 4) is 0 Å². The van der Waals surface area contributed by atoms with E-state index in [9.17, 15) is 13.2 Å². The maximum absolute atomic E-state index is 11.5. The highest BCUT2D eigenvalue weighted by Crippen LogP contribution is 2.05. The molecule has 0 aliphatic heterocycles. The van der Waals surface area contributed by atoms with E-state index in [1.54, 1.807) is 18.2 Å². The molecule has 17 heavy (non-hydrogen) atoms. The number of amides is 1. The van der Waals surface area contributed by atoms with Gasteiger partial charge in [-0.3, -0.25) is 4.79 Å². The van der Waals surface area contributed by atoms with Crippen molar-refractivity contribution < 1.29 is 13.2 Å². The van der Waals surface area contributed by atoms with Crippen molar-refractivity contribution in [1.82, 2.24) is 10.3 Å². The molecule has 8 heteroatoms. The van der Waals surface area contributed by atoms with Crippen molar-refractivity contribution in [3.05, 3.63) is 28.5 Å². The fourth-order valence-corrected chi connectivity index (χ4v) is 1.99. The Kier molecular flexibility index (Phi) is 5.03. The van der Waals surface area contributed by atoms with E-state index in [1.807, 2.05) is 0 Å². The lowest BCUT2D eigenvalue weighted by Gasteiger charge is -2.04. The van der Waals surface area contributed by atoms with Crippen molar-refractivity contribution in [2.75, 3.05) is 12.3 Å². The van der Waals surface area contributed by atoms with E-state index < -0.39 is 10.0 Å². The summed E-state index contributed by atoms with van der Waals surface area (Å²) in [6, 6.07) is 4.97. The fourth-order valence-electron chi connectivity index (χ4n) is 1.10. The molecular weight excluding hydrogens is 310 g/mol. The maximum atomic E-state index is 11.5. The Balaban J connectivity index is 2.41. The molecule has 94 valence electrons. The van der Waals surface area contributed by atoms with Crippen LogP contribution in [0.15, 0.2) is 22.8 Å². The molecule has 0 unspecified atom stereocenters. The van der Waals surface area contributed by atoms with Crippen LogP contribution < -0.4 is 10.5 Å². The van der Waals surface area contributed by atoms with E-state index in [2.05, 4.69) is 26.2 Å². The van der Waals surface area contributed by atoms with Gasteiger partial charge >= 0.3 is 0 Å². The number of pyridine rings is 1. The van der Waals surface area contributed by atoms with Crippen molar-refractivity contribution in [2.24, 2.45) is 5.14 Å². The largest absolute Gasteiger partial charge is 0.351 e. The Labute approximate surface area is 108 Å². The number of carbonyl (C=O) groups is 1. The molecule has 1 aromatic rings. The van der Waals surface area contributed by atoms with Crippen molar-refractivity contribution in [2.45, 2.75) is 6.42 Å². The summed E-state index contributed by atoms with van der Waals surface area (Å²) in [6.07, 6.45) is 0.276. The highest BCUT2D eigenvalue weighted by Gasteiger charge is 2.07. The number of halogens is 1. The molecule has 0 saturated heterocycles. The second-order valence-electron chi connectivity index (χ2n) is 3.32. The molecule has 0 aliphatic rings. The third kappa shape index (κ3) is 5.76. The van der Waals surface area contributed by atoms with Crippen LogP contribution in [0, 0.1) is 0 Å². The summed E-state index contributed by atoms with van der Waals surface area (Å²) in [5.41, 5.74) is 0.273. The SMILES string of the molecule is NS(=O)(=O)CCCNC(=O)c1cccc(Br)n1. The first kappa shape index (κ1) is 14.1. The summed E-state index contributed by atoms with van der Waals surface area (Å²) >= 11 is 3.15. The standard InChI is InChI=1S/C9H12BrN3O3S/c10-8-4-1-3-7(13-8)9(14)12-5-2-6-17(11,15)16/h1,3-4H,2,5-6H2,(H,12,14)(H2,11,15,16). The summed E-state index contributed by atoms with van der Waals surface area (Å²) in [7, 11) is -3.47. The van der Waals surface area contributed by atoms with Crippen LogP contribution in [0.4, 0.5) is 0 Å². The molecular formula is C9H12BrN3O3S. The Morgan fingerprint density at radius 1 is 1.47 bits per heavy atom. The van der Waals surface area contributed by atoms with E-state index in [1.165, 1.54) is 0 Å². The van der Waals surface area contributed by atoms with Gasteiger partial charge in [0.1, 0.15) is 10.3 Å². The van der Waals surface area contributed by atoms with Crippen molar-refractivity contribution in [3.63, 3.8) is 0 Å². The molecule has 0 radical (unpaired) electrons. The molecule has 1 rings (SSSR count). The van der Waals surface area contributed by atoms with Gasteiger partial charge in [-0.2, -0.15) is 0 Å². The third-order valence-corrected chi connectivity index (χ3v) is 3.14. The quantitative estimate of drug-likeness (QED) is 0.599. The predicted molar refractivity (Wildman–Crippen MR) is 66.9 cm³/mol. The summed E-state index contributed by atoms with van der Waals surface area (Å²) < 4.78 is 21.8. The second kappa shape index (κ2) is 6.08. The predicted octanol–water partition coefficient (Wildman–Crippen LogP) is 0.253. The van der Waals surface area contributed by atoms with Gasteiger partial charge in [-0.05, 0) is 34.5 Å². The molecule has 6 nitrogen and oxygen atoms in total.